The fourth-order valence-electron chi connectivity index (χ4n) is 4.86. The normalized spacial score (nSPS) is 30.5. The Morgan fingerprint density at radius 1 is 1.19 bits per heavy atom. The summed E-state index contributed by atoms with van der Waals surface area (Å²) in [6.45, 7) is 4.04. The number of nitrogens with one attached hydrogen (secondary N) is 2. The van der Waals surface area contributed by atoms with E-state index in [2.05, 4.69) is 39.8 Å². The number of carbonyl (C=O) groups is 1. The van der Waals surface area contributed by atoms with Gasteiger partial charge in [0.1, 0.15) is 0 Å². The standard InChI is InChI=1S/C21H31N3O2/c25-21(19-14-17-8-4-5-9-18(17)23-19)22-15-20(16-6-2-1-3-7-16)24-10-12-26-13-11-24/h1-3,6-7,17-20,23H,4-5,8-15H2,(H,22,25). The molecule has 0 radical (unpaired) electrons. The number of hydrogen-bond donors (Lipinski definition) is 2. The van der Waals surface area contributed by atoms with Crippen LogP contribution in [0.15, 0.2) is 30.3 Å². The molecule has 2 saturated heterocycles. The third-order valence-corrected chi connectivity index (χ3v) is 6.32. The maximum Gasteiger partial charge on any atom is 0.237 e. The Morgan fingerprint density at radius 3 is 2.73 bits per heavy atom. The molecule has 2 heterocycles. The molecule has 0 bridgehead atoms. The van der Waals surface area contributed by atoms with Crippen molar-refractivity contribution in [2.75, 3.05) is 32.8 Å². The number of hydrogen-bond acceptors (Lipinski definition) is 4. The fourth-order valence-corrected chi connectivity index (χ4v) is 4.86. The van der Waals surface area contributed by atoms with Gasteiger partial charge >= 0.3 is 0 Å². The molecule has 5 heteroatoms. The van der Waals surface area contributed by atoms with Crippen molar-refractivity contribution in [1.29, 1.82) is 0 Å². The molecule has 0 aromatic heterocycles. The molecule has 4 atom stereocenters. The Bertz CT molecular complexity index is 574. The molecule has 142 valence electrons. The first-order chi connectivity index (χ1) is 12.8. The molecule has 5 nitrogen and oxygen atoms in total. The third-order valence-electron chi connectivity index (χ3n) is 6.32. The molecular weight excluding hydrogens is 326 g/mol. The second-order valence-electron chi connectivity index (χ2n) is 7.93. The number of morpholine rings is 1. The van der Waals surface area contributed by atoms with E-state index < -0.39 is 0 Å². The molecule has 1 aromatic rings. The van der Waals surface area contributed by atoms with Gasteiger partial charge in [-0.15, -0.1) is 0 Å². The Morgan fingerprint density at radius 2 is 1.96 bits per heavy atom. The summed E-state index contributed by atoms with van der Waals surface area (Å²) in [6.07, 6.45) is 6.14. The summed E-state index contributed by atoms with van der Waals surface area (Å²) in [5, 5.41) is 6.84. The first-order valence-electron chi connectivity index (χ1n) is 10.2. The molecule has 4 rings (SSSR count). The van der Waals surface area contributed by atoms with Crippen LogP contribution in [0.25, 0.3) is 0 Å². The highest BCUT2D eigenvalue weighted by Crippen LogP contribution is 2.33. The Hall–Kier alpha value is -1.43. The molecule has 1 saturated carbocycles. The molecular formula is C21H31N3O2. The number of amides is 1. The minimum atomic E-state index is -0.00999. The van der Waals surface area contributed by atoms with Crippen LogP contribution in [0.3, 0.4) is 0 Å². The summed E-state index contributed by atoms with van der Waals surface area (Å²) < 4.78 is 5.51. The quantitative estimate of drug-likeness (QED) is 0.847. The number of carbonyl (C=O) groups excluding carboxylic acids is 1. The van der Waals surface area contributed by atoms with Crippen molar-refractivity contribution in [3.63, 3.8) is 0 Å². The molecule has 2 N–H and O–H groups in total. The predicted octanol–water partition coefficient (Wildman–Crippen LogP) is 2.10. The molecule has 0 spiro atoms. The van der Waals surface area contributed by atoms with Gasteiger partial charge in [-0.2, -0.15) is 0 Å². The average molecular weight is 357 g/mol. The van der Waals surface area contributed by atoms with Crippen molar-refractivity contribution in [1.82, 2.24) is 15.5 Å². The summed E-state index contributed by atoms with van der Waals surface area (Å²) in [4.78, 5) is 15.2. The lowest BCUT2D eigenvalue weighted by Gasteiger charge is -2.35. The van der Waals surface area contributed by atoms with E-state index in [9.17, 15) is 4.79 Å². The van der Waals surface area contributed by atoms with Crippen LogP contribution in [-0.4, -0.2) is 55.7 Å². The second kappa shape index (κ2) is 8.51. The Balaban J connectivity index is 1.37. The highest BCUT2D eigenvalue weighted by atomic mass is 16.5. The van der Waals surface area contributed by atoms with Gasteiger partial charge in [0.25, 0.3) is 0 Å². The smallest absolute Gasteiger partial charge is 0.237 e. The molecule has 26 heavy (non-hydrogen) atoms. The number of ether oxygens (including phenoxy) is 1. The first kappa shape index (κ1) is 18.0. The van der Waals surface area contributed by atoms with Gasteiger partial charge in [0.15, 0.2) is 0 Å². The molecule has 2 aliphatic heterocycles. The summed E-state index contributed by atoms with van der Waals surface area (Å²) in [5.74, 6) is 0.872. The van der Waals surface area contributed by atoms with Gasteiger partial charge in [-0.25, -0.2) is 0 Å². The van der Waals surface area contributed by atoms with Crippen LogP contribution >= 0.6 is 0 Å². The summed E-state index contributed by atoms with van der Waals surface area (Å²) in [5.41, 5.74) is 1.27. The Labute approximate surface area is 156 Å². The average Bonchev–Trinajstić information content (AvgIpc) is 3.14. The predicted molar refractivity (Wildman–Crippen MR) is 102 cm³/mol. The topological polar surface area (TPSA) is 53.6 Å². The highest BCUT2D eigenvalue weighted by Gasteiger charge is 2.38. The van der Waals surface area contributed by atoms with E-state index in [1.54, 1.807) is 0 Å². The number of nitrogens with zero attached hydrogens (tertiary/aromatic N) is 1. The van der Waals surface area contributed by atoms with E-state index in [4.69, 9.17) is 4.74 Å². The zero-order valence-corrected chi connectivity index (χ0v) is 15.5. The molecule has 4 unspecified atom stereocenters. The van der Waals surface area contributed by atoms with Crippen LogP contribution in [0, 0.1) is 5.92 Å². The van der Waals surface area contributed by atoms with E-state index in [0.717, 1.165) is 32.7 Å². The van der Waals surface area contributed by atoms with E-state index in [1.165, 1.54) is 31.2 Å². The zero-order valence-electron chi connectivity index (χ0n) is 15.5. The van der Waals surface area contributed by atoms with Crippen molar-refractivity contribution in [3.05, 3.63) is 35.9 Å². The van der Waals surface area contributed by atoms with E-state index in [0.29, 0.717) is 18.5 Å². The van der Waals surface area contributed by atoms with Crippen molar-refractivity contribution in [2.24, 2.45) is 5.92 Å². The minimum absolute atomic E-state index is 0.00999. The Kier molecular flexibility index (Phi) is 5.88. The molecule has 1 amide bonds. The summed E-state index contributed by atoms with van der Waals surface area (Å²) in [6, 6.07) is 11.3. The summed E-state index contributed by atoms with van der Waals surface area (Å²) >= 11 is 0. The molecule has 1 aliphatic carbocycles. The van der Waals surface area contributed by atoms with Crippen LogP contribution in [0.2, 0.25) is 0 Å². The molecule has 1 aromatic carbocycles. The van der Waals surface area contributed by atoms with Crippen molar-refractivity contribution >= 4 is 5.91 Å². The van der Waals surface area contributed by atoms with Crippen LogP contribution in [-0.2, 0) is 9.53 Å². The van der Waals surface area contributed by atoms with Gasteiger partial charge in [-0.3, -0.25) is 9.69 Å². The first-order valence-corrected chi connectivity index (χ1v) is 10.2. The van der Waals surface area contributed by atoms with E-state index >= 15 is 0 Å². The van der Waals surface area contributed by atoms with E-state index in [-0.39, 0.29) is 18.0 Å². The minimum Gasteiger partial charge on any atom is -0.379 e. The SMILES string of the molecule is O=C(NCC(c1ccccc1)N1CCOCC1)C1CC2CCCCC2N1. The van der Waals surface area contributed by atoms with Crippen molar-refractivity contribution in [3.8, 4) is 0 Å². The van der Waals surface area contributed by atoms with Crippen LogP contribution in [0.4, 0.5) is 0 Å². The maximum atomic E-state index is 12.8. The van der Waals surface area contributed by atoms with Crippen LogP contribution < -0.4 is 10.6 Å². The largest absolute Gasteiger partial charge is 0.379 e. The third kappa shape index (κ3) is 4.11. The fraction of sp³-hybridized carbons (Fsp3) is 0.667. The lowest BCUT2D eigenvalue weighted by atomic mass is 9.85. The lowest BCUT2D eigenvalue weighted by molar-refractivity contribution is -0.123. The van der Waals surface area contributed by atoms with Gasteiger partial charge in [0.2, 0.25) is 5.91 Å². The molecule has 3 aliphatic rings. The highest BCUT2D eigenvalue weighted by molar-refractivity contribution is 5.82. The molecule has 3 fully saturated rings. The number of rotatable bonds is 5. The monoisotopic (exact) mass is 357 g/mol. The van der Waals surface area contributed by atoms with Gasteiger partial charge in [0, 0.05) is 25.7 Å². The van der Waals surface area contributed by atoms with Gasteiger partial charge in [-0.05, 0) is 30.7 Å². The van der Waals surface area contributed by atoms with Gasteiger partial charge < -0.3 is 15.4 Å². The summed E-state index contributed by atoms with van der Waals surface area (Å²) in [7, 11) is 0. The number of fused-ring (bicyclic) bond motifs is 1. The van der Waals surface area contributed by atoms with Crippen molar-refractivity contribution < 1.29 is 9.53 Å². The zero-order chi connectivity index (χ0) is 17.8. The van der Waals surface area contributed by atoms with Gasteiger partial charge in [0.05, 0.1) is 25.3 Å². The number of benzene rings is 1. The lowest BCUT2D eigenvalue weighted by Crippen LogP contribution is -2.47. The van der Waals surface area contributed by atoms with E-state index in [1.807, 2.05) is 6.07 Å². The van der Waals surface area contributed by atoms with Crippen molar-refractivity contribution in [2.45, 2.75) is 50.2 Å². The van der Waals surface area contributed by atoms with Crippen LogP contribution in [0.5, 0.6) is 0 Å². The maximum absolute atomic E-state index is 12.8. The second-order valence-corrected chi connectivity index (χ2v) is 7.93. The van der Waals surface area contributed by atoms with Gasteiger partial charge in [-0.1, -0.05) is 43.2 Å². The van der Waals surface area contributed by atoms with Crippen LogP contribution in [0.1, 0.15) is 43.7 Å².